The van der Waals surface area contributed by atoms with E-state index in [1.54, 1.807) is 23.3 Å². The van der Waals surface area contributed by atoms with Gasteiger partial charge >= 0.3 is 12.3 Å². The minimum Gasteiger partial charge on any atom is -0.426 e. The van der Waals surface area contributed by atoms with E-state index in [-0.39, 0.29) is 12.4 Å². The van der Waals surface area contributed by atoms with Gasteiger partial charge in [-0.15, -0.1) is 13.2 Å². The van der Waals surface area contributed by atoms with E-state index >= 15 is 0 Å². The van der Waals surface area contributed by atoms with Gasteiger partial charge in [0.1, 0.15) is 18.1 Å². The Hall–Kier alpha value is -4.67. The smallest absolute Gasteiger partial charge is 0.426 e. The Balaban J connectivity index is 1.39. The lowest BCUT2D eigenvalue weighted by Crippen LogP contribution is -2.17. The average Bonchev–Trinajstić information content (AvgIpc) is 3.36. The summed E-state index contributed by atoms with van der Waals surface area (Å²) >= 11 is 0. The zero-order valence-electron chi connectivity index (χ0n) is 21.6. The van der Waals surface area contributed by atoms with Gasteiger partial charge in [-0.25, -0.2) is 4.98 Å². The fourth-order valence-electron chi connectivity index (χ4n) is 3.78. The number of benzene rings is 2. The van der Waals surface area contributed by atoms with E-state index in [1.165, 1.54) is 31.2 Å². The van der Waals surface area contributed by atoms with Crippen molar-refractivity contribution in [1.29, 1.82) is 0 Å². The van der Waals surface area contributed by atoms with Gasteiger partial charge in [0.2, 0.25) is 0 Å². The molecule has 0 radical (unpaired) electrons. The molecule has 0 fully saturated rings. The molecule has 0 unspecified atom stereocenters. The standard InChI is InChI=1S/C28H25F3N4O4/c1-17-18(2)34-19(3)25(27(17)38-20(4)36)15-37-33-13-21-5-7-22(8-6-21)26-14-35(16-32-26)23-9-11-24(12-10-23)39-28(29,30)31/h5-14,16H,15H2,1-4H3/b33-13+. The first kappa shape index (κ1) is 27.4. The summed E-state index contributed by atoms with van der Waals surface area (Å²) in [5, 5.41) is 4.03. The highest BCUT2D eigenvalue weighted by Gasteiger charge is 2.31. The number of hydrogen-bond acceptors (Lipinski definition) is 7. The lowest BCUT2D eigenvalue weighted by atomic mass is 10.1. The molecule has 2 aromatic carbocycles. The van der Waals surface area contributed by atoms with Crippen molar-refractivity contribution in [3.63, 3.8) is 0 Å². The number of aryl methyl sites for hydroxylation is 2. The lowest BCUT2D eigenvalue weighted by molar-refractivity contribution is -0.274. The van der Waals surface area contributed by atoms with Gasteiger partial charge in [-0.3, -0.25) is 9.78 Å². The summed E-state index contributed by atoms with van der Waals surface area (Å²) in [6.45, 7) is 6.92. The molecule has 0 N–H and O–H groups in total. The number of aromatic nitrogens is 3. The number of imidazole rings is 1. The minimum atomic E-state index is -4.74. The van der Waals surface area contributed by atoms with Crippen LogP contribution in [0.5, 0.6) is 11.5 Å². The Morgan fingerprint density at radius 1 is 1.03 bits per heavy atom. The number of rotatable bonds is 8. The summed E-state index contributed by atoms with van der Waals surface area (Å²) in [5.74, 6) is -0.276. The third-order valence-corrected chi connectivity index (χ3v) is 5.82. The Morgan fingerprint density at radius 3 is 2.36 bits per heavy atom. The van der Waals surface area contributed by atoms with Crippen LogP contribution in [0.1, 0.15) is 35.0 Å². The molecule has 0 bridgehead atoms. The fourth-order valence-corrected chi connectivity index (χ4v) is 3.78. The van der Waals surface area contributed by atoms with Gasteiger partial charge in [0.25, 0.3) is 0 Å². The second-order valence-corrected chi connectivity index (χ2v) is 8.65. The number of carbonyl (C=O) groups is 1. The Bertz CT molecular complexity index is 1500. The van der Waals surface area contributed by atoms with E-state index in [4.69, 9.17) is 9.57 Å². The highest BCUT2D eigenvalue weighted by molar-refractivity contribution is 5.80. The third-order valence-electron chi connectivity index (χ3n) is 5.82. The summed E-state index contributed by atoms with van der Waals surface area (Å²) in [6, 6.07) is 12.9. The van der Waals surface area contributed by atoms with Gasteiger partial charge < -0.3 is 18.9 Å². The van der Waals surface area contributed by atoms with Crippen molar-refractivity contribution >= 4 is 12.2 Å². The molecule has 4 rings (SSSR count). The van der Waals surface area contributed by atoms with E-state index in [2.05, 4.69) is 19.9 Å². The van der Waals surface area contributed by atoms with Crippen molar-refractivity contribution < 1.29 is 32.3 Å². The number of nitrogens with zero attached hydrogens (tertiary/aromatic N) is 4. The van der Waals surface area contributed by atoms with Gasteiger partial charge in [0.05, 0.1) is 23.8 Å². The maximum absolute atomic E-state index is 12.4. The van der Waals surface area contributed by atoms with Crippen LogP contribution in [0.15, 0.2) is 66.2 Å². The molecule has 0 aliphatic carbocycles. The van der Waals surface area contributed by atoms with Gasteiger partial charge in [0.15, 0.2) is 0 Å². The molecule has 0 aliphatic rings. The predicted octanol–water partition coefficient (Wildman–Crippen LogP) is 6.23. The maximum atomic E-state index is 12.4. The van der Waals surface area contributed by atoms with Crippen LogP contribution in [-0.2, 0) is 16.2 Å². The first-order valence-electron chi connectivity index (χ1n) is 11.8. The number of oxime groups is 1. The van der Waals surface area contributed by atoms with Crippen LogP contribution in [0.3, 0.4) is 0 Å². The first-order valence-corrected chi connectivity index (χ1v) is 11.8. The van der Waals surface area contributed by atoms with Crippen molar-refractivity contribution in [3.8, 4) is 28.4 Å². The molecule has 0 saturated carbocycles. The second kappa shape index (κ2) is 11.4. The zero-order chi connectivity index (χ0) is 28.2. The Kier molecular flexibility index (Phi) is 7.99. The number of carbonyl (C=O) groups excluding carboxylic acids is 1. The number of ether oxygens (including phenoxy) is 2. The molecular formula is C28H25F3N4O4. The fraction of sp³-hybridized carbons (Fsp3) is 0.214. The van der Waals surface area contributed by atoms with Gasteiger partial charge in [-0.1, -0.05) is 29.4 Å². The summed E-state index contributed by atoms with van der Waals surface area (Å²) < 4.78 is 48.1. The van der Waals surface area contributed by atoms with Crippen LogP contribution in [0.4, 0.5) is 13.2 Å². The average molecular weight is 539 g/mol. The Morgan fingerprint density at radius 2 is 1.72 bits per heavy atom. The predicted molar refractivity (Wildman–Crippen MR) is 138 cm³/mol. The lowest BCUT2D eigenvalue weighted by Gasteiger charge is -2.15. The number of pyridine rings is 1. The molecule has 202 valence electrons. The molecule has 0 aliphatic heterocycles. The van der Waals surface area contributed by atoms with Crippen molar-refractivity contribution in [2.24, 2.45) is 5.16 Å². The van der Waals surface area contributed by atoms with Crippen LogP contribution >= 0.6 is 0 Å². The molecule has 0 atom stereocenters. The SMILES string of the molecule is CC(=O)Oc1c(C)c(C)nc(C)c1CO/N=C/c1ccc(-c2cn(-c3ccc(OC(F)(F)F)cc3)cn2)cc1. The summed E-state index contributed by atoms with van der Waals surface area (Å²) in [5.41, 5.74) is 5.83. The van der Waals surface area contributed by atoms with E-state index in [1.807, 2.05) is 45.0 Å². The number of halogens is 3. The van der Waals surface area contributed by atoms with Gasteiger partial charge in [-0.2, -0.15) is 0 Å². The molecule has 8 nitrogen and oxygen atoms in total. The summed E-state index contributed by atoms with van der Waals surface area (Å²) in [7, 11) is 0. The molecule has 11 heteroatoms. The van der Waals surface area contributed by atoms with Crippen LogP contribution in [-0.4, -0.2) is 33.1 Å². The van der Waals surface area contributed by atoms with Crippen LogP contribution in [0.2, 0.25) is 0 Å². The maximum Gasteiger partial charge on any atom is 0.573 e. The molecule has 39 heavy (non-hydrogen) atoms. The summed E-state index contributed by atoms with van der Waals surface area (Å²) in [4.78, 5) is 25.9. The monoisotopic (exact) mass is 538 g/mol. The largest absolute Gasteiger partial charge is 0.573 e. The molecule has 0 spiro atoms. The minimum absolute atomic E-state index is 0.0812. The van der Waals surface area contributed by atoms with Crippen LogP contribution < -0.4 is 9.47 Å². The van der Waals surface area contributed by atoms with E-state index in [0.717, 1.165) is 22.4 Å². The first-order chi connectivity index (χ1) is 18.5. The van der Waals surface area contributed by atoms with Crippen molar-refractivity contribution in [3.05, 3.63) is 89.1 Å². The molecule has 0 saturated heterocycles. The Labute approximate surface area is 222 Å². The van der Waals surface area contributed by atoms with Crippen molar-refractivity contribution in [1.82, 2.24) is 14.5 Å². The van der Waals surface area contributed by atoms with Crippen molar-refractivity contribution in [2.45, 2.75) is 40.7 Å². The van der Waals surface area contributed by atoms with Crippen molar-refractivity contribution in [2.75, 3.05) is 0 Å². The number of esters is 1. The quantitative estimate of drug-likeness (QED) is 0.150. The normalized spacial score (nSPS) is 11.6. The van der Waals surface area contributed by atoms with E-state index < -0.39 is 12.3 Å². The number of hydrogen-bond donors (Lipinski definition) is 0. The molecule has 2 aromatic heterocycles. The van der Waals surface area contributed by atoms with Crippen LogP contribution in [0, 0.1) is 20.8 Å². The zero-order valence-corrected chi connectivity index (χ0v) is 21.6. The molecule has 0 amide bonds. The third kappa shape index (κ3) is 7.01. The van der Waals surface area contributed by atoms with Gasteiger partial charge in [0, 0.05) is 41.3 Å². The second-order valence-electron chi connectivity index (χ2n) is 8.65. The van der Waals surface area contributed by atoms with Gasteiger partial charge in [-0.05, 0) is 50.6 Å². The highest BCUT2D eigenvalue weighted by atomic mass is 19.4. The topological polar surface area (TPSA) is 87.8 Å². The van der Waals surface area contributed by atoms with E-state index in [9.17, 15) is 18.0 Å². The van der Waals surface area contributed by atoms with Crippen LogP contribution in [0.25, 0.3) is 16.9 Å². The summed E-state index contributed by atoms with van der Waals surface area (Å²) in [6.07, 6.45) is 0.165. The number of alkyl halides is 3. The molecular weight excluding hydrogens is 513 g/mol. The highest BCUT2D eigenvalue weighted by Crippen LogP contribution is 2.29. The molecule has 4 aromatic rings. The van der Waals surface area contributed by atoms with E-state index in [0.29, 0.717) is 28.4 Å². The molecule has 2 heterocycles.